The average Bonchev–Trinajstić information content (AvgIpc) is 3.28. The van der Waals surface area contributed by atoms with Gasteiger partial charge in [0.25, 0.3) is 0 Å². The number of benzene rings is 1. The molecule has 2 fully saturated rings. The van der Waals surface area contributed by atoms with E-state index >= 15 is 0 Å². The smallest absolute Gasteiger partial charge is 0.168 e. The molecule has 1 saturated heterocycles. The Morgan fingerprint density at radius 1 is 1.03 bits per heavy atom. The zero-order chi connectivity index (χ0) is 21.5. The highest BCUT2D eigenvalue weighted by Crippen LogP contribution is 2.44. The van der Waals surface area contributed by atoms with Gasteiger partial charge in [0.1, 0.15) is 5.82 Å². The Morgan fingerprint density at radius 3 is 2.65 bits per heavy atom. The topological polar surface area (TPSA) is 80.8 Å². The zero-order valence-electron chi connectivity index (χ0n) is 16.6. The van der Waals surface area contributed by atoms with Crippen molar-refractivity contribution in [2.45, 2.75) is 31.3 Å². The van der Waals surface area contributed by atoms with Crippen molar-refractivity contribution in [2.75, 3.05) is 11.4 Å². The number of hydrogen-bond acceptors (Lipinski definition) is 6. The van der Waals surface area contributed by atoms with E-state index in [2.05, 4.69) is 25.3 Å². The first-order valence-corrected chi connectivity index (χ1v) is 10.3. The average molecular weight is 426 g/mol. The van der Waals surface area contributed by atoms with E-state index in [1.165, 1.54) is 0 Å². The van der Waals surface area contributed by atoms with Crippen LogP contribution in [0.1, 0.15) is 18.4 Å². The van der Waals surface area contributed by atoms with E-state index in [0.717, 1.165) is 37.4 Å². The van der Waals surface area contributed by atoms with E-state index in [1.807, 2.05) is 6.07 Å². The van der Waals surface area contributed by atoms with E-state index in [1.54, 1.807) is 24.5 Å². The van der Waals surface area contributed by atoms with E-state index in [0.29, 0.717) is 23.7 Å². The number of fused-ring (bicyclic) bond motifs is 1. The minimum atomic E-state index is -1.25. The summed E-state index contributed by atoms with van der Waals surface area (Å²) in [7, 11) is 0. The number of nitrogens with two attached hydrogens (primary N) is 1. The van der Waals surface area contributed by atoms with Gasteiger partial charge in [-0.05, 0) is 60.9 Å². The minimum absolute atomic E-state index is 0.0796. The van der Waals surface area contributed by atoms with Crippen molar-refractivity contribution in [2.24, 2.45) is 17.6 Å². The van der Waals surface area contributed by atoms with Crippen LogP contribution in [0.25, 0.3) is 11.3 Å². The molecule has 5 rings (SSSR count). The summed E-state index contributed by atoms with van der Waals surface area (Å²) in [6, 6.07) is 7.02. The first kappa shape index (κ1) is 19.9. The zero-order valence-corrected chi connectivity index (χ0v) is 16.6. The first-order chi connectivity index (χ1) is 15.0. The number of anilines is 1. The third-order valence-electron chi connectivity index (χ3n) is 6.42. The summed E-state index contributed by atoms with van der Waals surface area (Å²) in [4.78, 5) is 2.21. The van der Waals surface area contributed by atoms with Crippen molar-refractivity contribution in [3.8, 4) is 11.3 Å². The second-order valence-corrected chi connectivity index (χ2v) is 8.36. The normalized spacial score (nSPS) is 25.1. The molecule has 1 saturated carbocycles. The lowest BCUT2D eigenvalue weighted by Gasteiger charge is -2.29. The van der Waals surface area contributed by atoms with Gasteiger partial charge in [0.15, 0.2) is 17.5 Å². The molecule has 3 heterocycles. The van der Waals surface area contributed by atoms with Gasteiger partial charge < -0.3 is 10.6 Å². The molecule has 9 heteroatoms. The molecule has 31 heavy (non-hydrogen) atoms. The Kier molecular flexibility index (Phi) is 5.05. The lowest BCUT2D eigenvalue weighted by molar-refractivity contribution is 0.417. The van der Waals surface area contributed by atoms with Gasteiger partial charge in [-0.2, -0.15) is 10.2 Å². The molecule has 3 aromatic rings. The molecule has 2 N–H and O–H groups in total. The van der Waals surface area contributed by atoms with Crippen LogP contribution < -0.4 is 10.6 Å². The number of nitrogens with zero attached hydrogens (tertiary/aromatic N) is 5. The summed E-state index contributed by atoms with van der Waals surface area (Å²) >= 11 is 0. The maximum atomic E-state index is 14.1. The molecule has 6 nitrogen and oxygen atoms in total. The number of halogens is 3. The first-order valence-electron chi connectivity index (χ1n) is 10.3. The van der Waals surface area contributed by atoms with Gasteiger partial charge in [-0.15, -0.1) is 10.2 Å². The van der Waals surface area contributed by atoms with E-state index in [4.69, 9.17) is 5.73 Å². The summed E-state index contributed by atoms with van der Waals surface area (Å²) in [6.07, 6.45) is 6.12. The molecular weight excluding hydrogens is 405 g/mol. The molecular formula is C22H21F3N6. The molecule has 160 valence electrons. The summed E-state index contributed by atoms with van der Waals surface area (Å²) in [6.45, 7) is 0.804. The van der Waals surface area contributed by atoms with Gasteiger partial charge in [0, 0.05) is 36.5 Å². The second-order valence-electron chi connectivity index (χ2n) is 8.36. The molecule has 0 radical (unpaired) electrons. The lowest BCUT2D eigenvalue weighted by Crippen LogP contribution is -2.37. The Hall–Kier alpha value is -3.07. The molecule has 2 aromatic heterocycles. The third-order valence-corrected chi connectivity index (χ3v) is 6.42. The van der Waals surface area contributed by atoms with Crippen LogP contribution in [0.2, 0.25) is 0 Å². The van der Waals surface area contributed by atoms with Gasteiger partial charge in [0.05, 0.1) is 11.9 Å². The predicted octanol–water partition coefficient (Wildman–Crippen LogP) is 3.14. The molecule has 0 bridgehead atoms. The molecule has 0 spiro atoms. The highest BCUT2D eigenvalue weighted by atomic mass is 19.2. The van der Waals surface area contributed by atoms with Crippen LogP contribution in [-0.2, 0) is 6.42 Å². The molecule has 0 unspecified atom stereocenters. The largest absolute Gasteiger partial charge is 0.351 e. The fourth-order valence-electron chi connectivity index (χ4n) is 5.07. The monoisotopic (exact) mass is 426 g/mol. The summed E-state index contributed by atoms with van der Waals surface area (Å²) in [5.41, 5.74) is 7.13. The van der Waals surface area contributed by atoms with E-state index in [-0.39, 0.29) is 23.3 Å². The quantitative estimate of drug-likeness (QED) is 0.646. The Bertz CT molecular complexity index is 1080. The van der Waals surface area contributed by atoms with Crippen LogP contribution in [0.15, 0.2) is 42.7 Å². The fourth-order valence-corrected chi connectivity index (χ4v) is 5.07. The van der Waals surface area contributed by atoms with Crippen LogP contribution >= 0.6 is 0 Å². The van der Waals surface area contributed by atoms with Crippen molar-refractivity contribution in [1.29, 1.82) is 0 Å². The maximum absolute atomic E-state index is 14.1. The standard InChI is InChI=1S/C22H21F3N6/c23-14-7-17(22(25)18(24)8-14)19-1-2-21(30-29-19)31-11-13-6-15(26)9-16(13)20(31)5-12-3-4-27-28-10-12/h1-4,7-8,10,13,15-16,20H,5-6,9,11,26H2/t13-,15+,16+,20+/m1/s1. The molecule has 0 amide bonds. The maximum Gasteiger partial charge on any atom is 0.168 e. The SMILES string of the molecule is N[C@H]1C[C@@H]2CN(c3ccc(-c4cc(F)cc(F)c4F)nn3)[C@@H](Cc3ccnnc3)[C@H]2C1. The molecule has 4 atom stereocenters. The number of rotatable bonds is 4. The van der Waals surface area contributed by atoms with Crippen LogP contribution in [0.5, 0.6) is 0 Å². The van der Waals surface area contributed by atoms with Crippen molar-refractivity contribution < 1.29 is 13.2 Å². The number of aromatic nitrogens is 4. The fraction of sp³-hybridized carbons (Fsp3) is 0.364. The van der Waals surface area contributed by atoms with Crippen LogP contribution in [-0.4, -0.2) is 39.0 Å². The van der Waals surface area contributed by atoms with Gasteiger partial charge in [-0.25, -0.2) is 13.2 Å². The molecule has 1 aliphatic carbocycles. The molecule has 2 aliphatic rings. The Balaban J connectivity index is 1.44. The summed E-state index contributed by atoms with van der Waals surface area (Å²) in [5.74, 6) is -1.72. The third kappa shape index (κ3) is 3.74. The van der Waals surface area contributed by atoms with Crippen molar-refractivity contribution >= 4 is 5.82 Å². The highest BCUT2D eigenvalue weighted by Gasteiger charge is 2.47. The lowest BCUT2D eigenvalue weighted by atomic mass is 9.90. The van der Waals surface area contributed by atoms with Crippen LogP contribution in [0.4, 0.5) is 19.0 Å². The van der Waals surface area contributed by atoms with Crippen molar-refractivity contribution in [3.05, 3.63) is 65.7 Å². The van der Waals surface area contributed by atoms with Gasteiger partial charge >= 0.3 is 0 Å². The molecule has 1 aliphatic heterocycles. The minimum Gasteiger partial charge on any atom is -0.351 e. The number of hydrogen-bond donors (Lipinski definition) is 1. The van der Waals surface area contributed by atoms with Gasteiger partial charge in [0.2, 0.25) is 0 Å². The Labute approximate surface area is 177 Å². The van der Waals surface area contributed by atoms with Gasteiger partial charge in [-0.1, -0.05) is 0 Å². The molecule has 1 aromatic carbocycles. The Morgan fingerprint density at radius 2 is 1.90 bits per heavy atom. The van der Waals surface area contributed by atoms with Crippen LogP contribution in [0, 0.1) is 29.3 Å². The van der Waals surface area contributed by atoms with Crippen LogP contribution in [0.3, 0.4) is 0 Å². The second kappa shape index (κ2) is 7.88. The van der Waals surface area contributed by atoms with Crippen molar-refractivity contribution in [3.63, 3.8) is 0 Å². The van der Waals surface area contributed by atoms with E-state index < -0.39 is 17.5 Å². The highest BCUT2D eigenvalue weighted by molar-refractivity contribution is 5.61. The van der Waals surface area contributed by atoms with E-state index in [9.17, 15) is 13.2 Å². The summed E-state index contributed by atoms with van der Waals surface area (Å²) < 4.78 is 41.3. The van der Waals surface area contributed by atoms with Gasteiger partial charge in [-0.3, -0.25) is 0 Å². The summed E-state index contributed by atoms with van der Waals surface area (Å²) in [5, 5.41) is 16.2. The van der Waals surface area contributed by atoms with Crippen molar-refractivity contribution in [1.82, 2.24) is 20.4 Å². The predicted molar refractivity (Wildman–Crippen MR) is 108 cm³/mol.